The van der Waals surface area contributed by atoms with Crippen LogP contribution in [0.1, 0.15) is 5.56 Å². The summed E-state index contributed by atoms with van der Waals surface area (Å²) in [4.78, 5) is 11.8. The summed E-state index contributed by atoms with van der Waals surface area (Å²) in [5.74, 6) is -0.558. The van der Waals surface area contributed by atoms with Crippen LogP contribution in [-0.4, -0.2) is 12.5 Å². The number of anilines is 1. The Balaban J connectivity index is 2.01. The standard InChI is InChI=1S/C16H11Cl2F2NO2/c17-11-3-1-2-10(8-11)4-7-15(22)21-12-5-6-14(13(18)9-12)23-16(19)20/h1-9,16H,(H,21,22)/b7-4+. The van der Waals surface area contributed by atoms with Crippen LogP contribution in [0.15, 0.2) is 48.5 Å². The predicted octanol–water partition coefficient (Wildman–Crippen LogP) is 5.25. The van der Waals surface area contributed by atoms with E-state index in [4.69, 9.17) is 23.2 Å². The Labute approximate surface area is 141 Å². The van der Waals surface area contributed by atoms with Crippen molar-refractivity contribution in [2.24, 2.45) is 0 Å². The highest BCUT2D eigenvalue weighted by molar-refractivity contribution is 6.32. The van der Waals surface area contributed by atoms with E-state index < -0.39 is 12.5 Å². The second-order valence-corrected chi connectivity index (χ2v) is 5.24. The van der Waals surface area contributed by atoms with Crippen LogP contribution in [-0.2, 0) is 4.79 Å². The summed E-state index contributed by atoms with van der Waals surface area (Å²) in [6.07, 6.45) is 2.92. The first-order valence-corrected chi connectivity index (χ1v) is 7.18. The van der Waals surface area contributed by atoms with Crippen LogP contribution in [0.4, 0.5) is 14.5 Å². The molecular formula is C16H11Cl2F2NO2. The molecule has 0 aliphatic carbocycles. The van der Waals surface area contributed by atoms with Gasteiger partial charge in [0.2, 0.25) is 5.91 Å². The van der Waals surface area contributed by atoms with Gasteiger partial charge in [-0.15, -0.1) is 0 Å². The van der Waals surface area contributed by atoms with Gasteiger partial charge in [0.1, 0.15) is 5.75 Å². The van der Waals surface area contributed by atoms with Crippen molar-refractivity contribution in [1.82, 2.24) is 0 Å². The van der Waals surface area contributed by atoms with Gasteiger partial charge in [-0.2, -0.15) is 8.78 Å². The molecule has 2 rings (SSSR count). The van der Waals surface area contributed by atoms with Gasteiger partial charge in [-0.3, -0.25) is 4.79 Å². The molecule has 0 saturated heterocycles. The molecule has 0 unspecified atom stereocenters. The fourth-order valence-corrected chi connectivity index (χ4v) is 2.16. The third kappa shape index (κ3) is 5.54. The number of carbonyl (C=O) groups excluding carboxylic acids is 1. The first-order valence-electron chi connectivity index (χ1n) is 6.43. The number of rotatable bonds is 5. The van der Waals surface area contributed by atoms with E-state index in [9.17, 15) is 13.6 Å². The predicted molar refractivity (Wildman–Crippen MR) is 87.2 cm³/mol. The molecule has 0 spiro atoms. The van der Waals surface area contributed by atoms with E-state index in [1.807, 2.05) is 0 Å². The van der Waals surface area contributed by atoms with Crippen molar-refractivity contribution in [2.75, 3.05) is 5.32 Å². The Hall–Kier alpha value is -2.11. The van der Waals surface area contributed by atoms with Crippen molar-refractivity contribution in [3.05, 3.63) is 64.1 Å². The van der Waals surface area contributed by atoms with Gasteiger partial charge in [-0.05, 0) is 42.0 Å². The fourth-order valence-electron chi connectivity index (χ4n) is 1.74. The molecule has 23 heavy (non-hydrogen) atoms. The van der Waals surface area contributed by atoms with E-state index in [1.165, 1.54) is 24.3 Å². The first kappa shape index (κ1) is 17.2. The molecule has 1 N–H and O–H groups in total. The first-order chi connectivity index (χ1) is 10.9. The fraction of sp³-hybridized carbons (Fsp3) is 0.0625. The van der Waals surface area contributed by atoms with Crippen LogP contribution in [0.5, 0.6) is 5.75 Å². The molecule has 3 nitrogen and oxygen atoms in total. The molecule has 0 aliphatic heterocycles. The smallest absolute Gasteiger partial charge is 0.387 e. The van der Waals surface area contributed by atoms with E-state index >= 15 is 0 Å². The van der Waals surface area contributed by atoms with Crippen LogP contribution in [0, 0.1) is 0 Å². The summed E-state index contributed by atoms with van der Waals surface area (Å²) in [6, 6.07) is 11.0. The molecule has 120 valence electrons. The van der Waals surface area contributed by atoms with Gasteiger partial charge < -0.3 is 10.1 Å². The molecule has 0 aromatic heterocycles. The molecule has 2 aromatic rings. The average molecular weight is 358 g/mol. The highest BCUT2D eigenvalue weighted by Crippen LogP contribution is 2.28. The van der Waals surface area contributed by atoms with E-state index in [0.717, 1.165) is 5.56 Å². The van der Waals surface area contributed by atoms with Crippen LogP contribution in [0.3, 0.4) is 0 Å². The lowest BCUT2D eigenvalue weighted by Gasteiger charge is -2.08. The van der Waals surface area contributed by atoms with Gasteiger partial charge in [0, 0.05) is 16.8 Å². The van der Waals surface area contributed by atoms with Gasteiger partial charge >= 0.3 is 6.61 Å². The lowest BCUT2D eigenvalue weighted by Crippen LogP contribution is -2.08. The summed E-state index contributed by atoms with van der Waals surface area (Å²) in [5.41, 5.74) is 1.13. The Morgan fingerprint density at radius 1 is 1.17 bits per heavy atom. The third-order valence-corrected chi connectivity index (χ3v) is 3.22. The maximum Gasteiger partial charge on any atom is 0.387 e. The Kier molecular flexibility index (Phi) is 5.96. The van der Waals surface area contributed by atoms with Crippen molar-refractivity contribution in [3.8, 4) is 5.75 Å². The highest BCUT2D eigenvalue weighted by Gasteiger charge is 2.09. The molecule has 0 aliphatic rings. The van der Waals surface area contributed by atoms with Crippen molar-refractivity contribution < 1.29 is 18.3 Å². The number of hydrogen-bond acceptors (Lipinski definition) is 2. The molecule has 0 bridgehead atoms. The van der Waals surface area contributed by atoms with Crippen LogP contribution < -0.4 is 10.1 Å². The van der Waals surface area contributed by atoms with Gasteiger partial charge in [0.25, 0.3) is 0 Å². The molecule has 7 heteroatoms. The van der Waals surface area contributed by atoms with Gasteiger partial charge in [-0.25, -0.2) is 0 Å². The van der Waals surface area contributed by atoms with Crippen molar-refractivity contribution in [2.45, 2.75) is 6.61 Å². The summed E-state index contributed by atoms with van der Waals surface area (Å²) < 4.78 is 28.5. The zero-order valence-corrected chi connectivity index (χ0v) is 13.1. The number of hydrogen-bond donors (Lipinski definition) is 1. The van der Waals surface area contributed by atoms with E-state index in [2.05, 4.69) is 10.1 Å². The molecular weight excluding hydrogens is 347 g/mol. The minimum Gasteiger partial charge on any atom is -0.433 e. The summed E-state index contributed by atoms with van der Waals surface area (Å²) in [7, 11) is 0. The Morgan fingerprint density at radius 3 is 2.61 bits per heavy atom. The SMILES string of the molecule is O=C(/C=C/c1cccc(Cl)c1)Nc1ccc(OC(F)F)c(Cl)c1. The Morgan fingerprint density at radius 2 is 1.96 bits per heavy atom. The lowest BCUT2D eigenvalue weighted by molar-refractivity contribution is -0.111. The summed E-state index contributed by atoms with van der Waals surface area (Å²) in [6.45, 7) is -2.96. The summed E-state index contributed by atoms with van der Waals surface area (Å²) >= 11 is 11.6. The van der Waals surface area contributed by atoms with E-state index in [1.54, 1.807) is 30.3 Å². The number of halogens is 4. The van der Waals surface area contributed by atoms with E-state index in [0.29, 0.717) is 10.7 Å². The molecule has 1 amide bonds. The molecule has 0 radical (unpaired) electrons. The second-order valence-electron chi connectivity index (χ2n) is 4.40. The maximum atomic E-state index is 12.1. The average Bonchev–Trinajstić information content (AvgIpc) is 2.48. The number of carbonyl (C=O) groups is 1. The molecule has 2 aromatic carbocycles. The van der Waals surface area contributed by atoms with Crippen LogP contribution in [0.25, 0.3) is 6.08 Å². The van der Waals surface area contributed by atoms with E-state index in [-0.39, 0.29) is 10.8 Å². The number of benzene rings is 2. The molecule has 0 atom stereocenters. The Bertz CT molecular complexity index is 736. The quantitative estimate of drug-likeness (QED) is 0.742. The maximum absolute atomic E-state index is 12.1. The number of nitrogens with one attached hydrogen (secondary N) is 1. The summed E-state index contributed by atoms with van der Waals surface area (Å²) in [5, 5.41) is 3.10. The zero-order valence-electron chi connectivity index (χ0n) is 11.6. The van der Waals surface area contributed by atoms with Crippen molar-refractivity contribution in [1.29, 1.82) is 0 Å². The van der Waals surface area contributed by atoms with Crippen LogP contribution >= 0.6 is 23.2 Å². The van der Waals surface area contributed by atoms with Crippen LogP contribution in [0.2, 0.25) is 10.0 Å². The zero-order chi connectivity index (χ0) is 16.8. The second kappa shape index (κ2) is 7.94. The number of ether oxygens (including phenoxy) is 1. The largest absolute Gasteiger partial charge is 0.433 e. The van der Waals surface area contributed by atoms with Gasteiger partial charge in [0.15, 0.2) is 0 Å². The lowest BCUT2D eigenvalue weighted by atomic mass is 10.2. The normalized spacial score (nSPS) is 11.0. The minimum atomic E-state index is -2.96. The minimum absolute atomic E-state index is 0.0260. The topological polar surface area (TPSA) is 38.3 Å². The van der Waals surface area contributed by atoms with Gasteiger partial charge in [0.05, 0.1) is 5.02 Å². The number of alkyl halides is 2. The third-order valence-electron chi connectivity index (χ3n) is 2.69. The number of amides is 1. The van der Waals surface area contributed by atoms with Crippen molar-refractivity contribution >= 4 is 40.9 Å². The van der Waals surface area contributed by atoms with Crippen molar-refractivity contribution in [3.63, 3.8) is 0 Å². The molecule has 0 saturated carbocycles. The van der Waals surface area contributed by atoms with Gasteiger partial charge in [-0.1, -0.05) is 35.3 Å². The highest BCUT2D eigenvalue weighted by atomic mass is 35.5. The monoisotopic (exact) mass is 357 g/mol. The molecule has 0 heterocycles. The molecule has 0 fully saturated rings.